The van der Waals surface area contributed by atoms with Gasteiger partial charge in [-0.15, -0.1) is 0 Å². The number of halogens is 4. The predicted octanol–water partition coefficient (Wildman–Crippen LogP) is 4.28. The first-order valence-electron chi connectivity index (χ1n) is 7.00. The van der Waals surface area contributed by atoms with Crippen molar-refractivity contribution in [2.75, 3.05) is 0 Å². The van der Waals surface area contributed by atoms with Gasteiger partial charge in [0.1, 0.15) is 12.1 Å². The molecule has 0 fully saturated rings. The monoisotopic (exact) mass is 583 g/mol. The lowest BCUT2D eigenvalue weighted by molar-refractivity contribution is -0.142. The van der Waals surface area contributed by atoms with Gasteiger partial charge in [-0.05, 0) is 24.7 Å². The van der Waals surface area contributed by atoms with Crippen molar-refractivity contribution in [3.05, 3.63) is 0 Å². The van der Waals surface area contributed by atoms with Crippen LogP contribution in [-0.2, 0) is 18.9 Å². The smallest absolute Gasteiger partial charge is 0.498 e. The highest BCUT2D eigenvalue weighted by Gasteiger charge is 2.29. The predicted molar refractivity (Wildman–Crippen MR) is 104 cm³/mol. The van der Waals surface area contributed by atoms with Crippen LogP contribution in [0.1, 0.15) is 40.5 Å². The first-order valence-corrected chi connectivity index (χ1v) is 9.84. The number of carbonyl (C=O) groups is 2. The van der Waals surface area contributed by atoms with Crippen molar-refractivity contribution in [1.29, 1.82) is 0 Å². The summed E-state index contributed by atoms with van der Waals surface area (Å²) in [6.45, 7) is 7.96. The highest BCUT2D eigenvalue weighted by Crippen LogP contribution is 2.21. The summed E-state index contributed by atoms with van der Waals surface area (Å²) in [4.78, 5) is 24.0. The average molecular weight is 587 g/mol. The Kier molecular flexibility index (Phi) is 12.7. The van der Waals surface area contributed by atoms with Gasteiger partial charge in [0.15, 0.2) is 0 Å². The summed E-state index contributed by atoms with van der Waals surface area (Å²) in [7, 11) is 0.776. The second-order valence-corrected chi connectivity index (χ2v) is 10.7. The van der Waals surface area contributed by atoms with Gasteiger partial charge in [0, 0.05) is 64.6 Å². The molecular weight excluding hydrogens is 567 g/mol. The molecule has 0 aliphatic rings. The molecule has 0 bridgehead atoms. The van der Waals surface area contributed by atoms with Crippen LogP contribution in [0.3, 0.4) is 0 Å². The van der Waals surface area contributed by atoms with Gasteiger partial charge in [-0.3, -0.25) is 9.59 Å². The molecule has 0 saturated carbocycles. The van der Waals surface area contributed by atoms with E-state index in [1.54, 1.807) is 0 Å². The van der Waals surface area contributed by atoms with E-state index in [2.05, 4.69) is 64.6 Å². The highest BCUT2D eigenvalue weighted by atomic mass is 79.9. The molecule has 0 unspecified atom stereocenters. The zero-order valence-electron chi connectivity index (χ0n) is 13.3. The van der Waals surface area contributed by atoms with E-state index in [4.69, 9.17) is 9.31 Å². The van der Waals surface area contributed by atoms with E-state index < -0.39 is 24.0 Å². The van der Waals surface area contributed by atoms with Gasteiger partial charge in [-0.1, -0.05) is 27.7 Å². The molecule has 0 heterocycles. The standard InChI is InChI=1S/C12H20BBr4N2O4/c1-7(2)5-9(18(14)15)11(20)22-13-23-12(21)10(19(16)17)6-8(3)4/h7-10H,5-6H2,1-4H3/t9-,10-/m0/s1. The fraction of sp³-hybridized carbons (Fsp3) is 0.833. The number of hydrogen-bond donors (Lipinski definition) is 0. The molecule has 0 aliphatic carbocycles. The molecule has 11 heteroatoms. The van der Waals surface area contributed by atoms with Crippen molar-refractivity contribution in [1.82, 2.24) is 5.90 Å². The van der Waals surface area contributed by atoms with Crippen molar-refractivity contribution in [2.24, 2.45) is 11.8 Å². The molecule has 0 aliphatic heterocycles. The summed E-state index contributed by atoms with van der Waals surface area (Å²) in [5, 5.41) is 0. The molecule has 2 atom stereocenters. The number of rotatable bonds is 10. The third-order valence-electron chi connectivity index (χ3n) is 2.73. The van der Waals surface area contributed by atoms with Crippen LogP contribution in [0.5, 0.6) is 0 Å². The highest BCUT2D eigenvalue weighted by molar-refractivity contribution is 9.21. The summed E-state index contributed by atoms with van der Waals surface area (Å²) >= 11 is 12.7. The molecule has 0 saturated heterocycles. The number of nitrogens with zero attached hydrogens (tertiary/aromatic N) is 2. The van der Waals surface area contributed by atoms with E-state index in [9.17, 15) is 9.59 Å². The van der Waals surface area contributed by atoms with E-state index in [1.807, 2.05) is 27.7 Å². The van der Waals surface area contributed by atoms with Crippen molar-refractivity contribution in [2.45, 2.75) is 52.6 Å². The van der Waals surface area contributed by atoms with E-state index in [0.29, 0.717) is 24.7 Å². The molecule has 0 amide bonds. The van der Waals surface area contributed by atoms with E-state index in [1.165, 1.54) is 5.90 Å². The minimum Gasteiger partial charge on any atom is -0.498 e. The van der Waals surface area contributed by atoms with Crippen molar-refractivity contribution >= 4 is 84.2 Å². The first-order chi connectivity index (χ1) is 10.6. The lowest BCUT2D eigenvalue weighted by Gasteiger charge is -2.22. The van der Waals surface area contributed by atoms with Gasteiger partial charge in [-0.2, -0.15) is 5.90 Å². The van der Waals surface area contributed by atoms with Crippen LogP contribution in [0.25, 0.3) is 0 Å². The Labute approximate surface area is 172 Å². The second kappa shape index (κ2) is 12.2. The van der Waals surface area contributed by atoms with Crippen molar-refractivity contribution < 1.29 is 18.9 Å². The minimum atomic E-state index is -0.541. The van der Waals surface area contributed by atoms with E-state index in [0.717, 1.165) is 7.69 Å². The van der Waals surface area contributed by atoms with Crippen molar-refractivity contribution in [3.8, 4) is 0 Å². The van der Waals surface area contributed by atoms with Crippen LogP contribution in [0, 0.1) is 11.8 Å². The Bertz CT molecular complexity index is 352. The molecule has 133 valence electrons. The number of hydrogen-bond acceptors (Lipinski definition) is 6. The Morgan fingerprint density at radius 3 is 1.35 bits per heavy atom. The van der Waals surface area contributed by atoms with Crippen LogP contribution >= 0.6 is 64.6 Å². The lowest BCUT2D eigenvalue weighted by Crippen LogP contribution is -2.36. The summed E-state index contributed by atoms with van der Waals surface area (Å²) in [6, 6.07) is -1.08. The zero-order valence-corrected chi connectivity index (χ0v) is 19.7. The van der Waals surface area contributed by atoms with E-state index >= 15 is 0 Å². The molecule has 0 rings (SSSR count). The topological polar surface area (TPSA) is 59.1 Å². The molecule has 6 nitrogen and oxygen atoms in total. The maximum absolute atomic E-state index is 12.0. The molecule has 0 aromatic heterocycles. The van der Waals surface area contributed by atoms with Gasteiger partial charge in [0.2, 0.25) is 0 Å². The Hall–Kier alpha value is 0.845. The second-order valence-electron chi connectivity index (χ2n) is 5.78. The van der Waals surface area contributed by atoms with Crippen LogP contribution < -0.4 is 0 Å². The third kappa shape index (κ3) is 10.4. The minimum absolute atomic E-state index is 0.290. The van der Waals surface area contributed by atoms with Crippen LogP contribution in [0.2, 0.25) is 0 Å². The average Bonchev–Trinajstić information content (AvgIpc) is 2.40. The summed E-state index contributed by atoms with van der Waals surface area (Å²) in [6.07, 6.45) is 1.15. The van der Waals surface area contributed by atoms with Gasteiger partial charge < -0.3 is 9.31 Å². The Balaban J connectivity index is 4.45. The SMILES string of the molecule is CC(C)C[C@@H](C(=O)O[B]OC(=O)[C@H](CC(C)C)N(Br)Br)N(Br)Br. The van der Waals surface area contributed by atoms with Crippen LogP contribution in [-0.4, -0.2) is 37.6 Å². The van der Waals surface area contributed by atoms with Crippen LogP contribution in [0.4, 0.5) is 0 Å². The van der Waals surface area contributed by atoms with Gasteiger partial charge in [0.25, 0.3) is 0 Å². The Morgan fingerprint density at radius 2 is 1.13 bits per heavy atom. The molecule has 0 N–H and O–H groups in total. The third-order valence-corrected chi connectivity index (χ3v) is 4.71. The quantitative estimate of drug-likeness (QED) is 0.282. The lowest BCUT2D eigenvalue weighted by atomic mass is 10.0. The molecule has 0 spiro atoms. The van der Waals surface area contributed by atoms with Crippen molar-refractivity contribution in [3.63, 3.8) is 0 Å². The fourth-order valence-electron chi connectivity index (χ4n) is 1.68. The van der Waals surface area contributed by atoms with Gasteiger partial charge in [-0.25, -0.2) is 0 Å². The number of carbonyl (C=O) groups excluding carboxylic acids is 2. The van der Waals surface area contributed by atoms with E-state index in [-0.39, 0.29) is 0 Å². The Morgan fingerprint density at radius 1 is 0.826 bits per heavy atom. The van der Waals surface area contributed by atoms with Gasteiger partial charge >= 0.3 is 19.6 Å². The van der Waals surface area contributed by atoms with Crippen LogP contribution in [0.15, 0.2) is 0 Å². The summed E-state index contributed by atoms with van der Waals surface area (Å²) in [5.41, 5.74) is 0. The summed E-state index contributed by atoms with van der Waals surface area (Å²) in [5.74, 6) is -0.484. The van der Waals surface area contributed by atoms with Gasteiger partial charge in [0.05, 0.1) is 0 Å². The molecule has 0 aromatic rings. The molecular formula is C12H20BBr4N2O4. The maximum Gasteiger partial charge on any atom is 0.662 e. The molecule has 0 aromatic carbocycles. The summed E-state index contributed by atoms with van der Waals surface area (Å²) < 4.78 is 12.7. The molecule has 1 radical (unpaired) electrons. The fourth-order valence-corrected chi connectivity index (χ4v) is 3.02. The first kappa shape index (κ1) is 23.8. The maximum atomic E-state index is 12.0. The largest absolute Gasteiger partial charge is 0.662 e. The zero-order chi connectivity index (χ0) is 18.2. The molecule has 23 heavy (non-hydrogen) atoms. The normalized spacial score (nSPS) is 14.3.